The van der Waals surface area contributed by atoms with Crippen LogP contribution in [0.3, 0.4) is 0 Å². The lowest BCUT2D eigenvalue weighted by atomic mass is 9.94. The minimum Gasteiger partial charge on any atom is -0.353 e. The Morgan fingerprint density at radius 1 is 1.41 bits per heavy atom. The van der Waals surface area contributed by atoms with E-state index in [9.17, 15) is 9.18 Å². The molecule has 1 aromatic carbocycles. The minimum absolute atomic E-state index is 0.0266. The average molecular weight is 254 g/mol. The molecule has 0 spiro atoms. The van der Waals surface area contributed by atoms with Gasteiger partial charge < -0.3 is 5.32 Å². The average Bonchev–Trinajstić information content (AvgIpc) is 3.11. The van der Waals surface area contributed by atoms with E-state index >= 15 is 0 Å². The number of hydrogen-bond donors (Lipinski definition) is 1. The highest BCUT2D eigenvalue weighted by Crippen LogP contribution is 2.50. The molecule has 1 N–H and O–H groups in total. The number of nitrogens with one attached hydrogen (secondary N) is 1. The summed E-state index contributed by atoms with van der Waals surface area (Å²) in [6.07, 6.45) is 3.55. The predicted molar refractivity (Wildman–Crippen MR) is 63.5 cm³/mol. The van der Waals surface area contributed by atoms with Crippen LogP contribution in [0, 0.1) is 5.82 Å². The second-order valence-electron chi connectivity index (χ2n) is 4.95. The van der Waals surface area contributed by atoms with Gasteiger partial charge in [0.15, 0.2) is 0 Å². The Bertz CT molecular complexity index is 480. The van der Waals surface area contributed by atoms with Crippen LogP contribution in [0.2, 0.25) is 5.02 Å². The van der Waals surface area contributed by atoms with Gasteiger partial charge in [-0.3, -0.25) is 4.79 Å². The molecule has 17 heavy (non-hydrogen) atoms. The standard InChI is InChI=1S/C13H13ClFNO/c14-8-1-4-10(11(15)7-8)13(5-6-13)12(17)16-9-2-3-9/h1,4,7,9H,2-3,5-6H2,(H,16,17). The van der Waals surface area contributed by atoms with E-state index in [-0.39, 0.29) is 11.7 Å². The van der Waals surface area contributed by atoms with E-state index in [0.29, 0.717) is 16.6 Å². The van der Waals surface area contributed by atoms with E-state index < -0.39 is 5.41 Å². The molecule has 3 rings (SSSR count). The summed E-state index contributed by atoms with van der Waals surface area (Å²) in [5.74, 6) is -0.401. The monoisotopic (exact) mass is 253 g/mol. The van der Waals surface area contributed by atoms with Gasteiger partial charge in [-0.15, -0.1) is 0 Å². The van der Waals surface area contributed by atoms with Crippen molar-refractivity contribution in [2.24, 2.45) is 0 Å². The first-order valence-electron chi connectivity index (χ1n) is 5.88. The molecule has 0 heterocycles. The Hall–Kier alpha value is -1.09. The summed E-state index contributed by atoms with van der Waals surface area (Å²) in [6, 6.07) is 4.87. The van der Waals surface area contributed by atoms with Crippen molar-refractivity contribution in [3.63, 3.8) is 0 Å². The van der Waals surface area contributed by atoms with Crippen molar-refractivity contribution in [1.82, 2.24) is 5.32 Å². The molecule has 0 aromatic heterocycles. The fourth-order valence-corrected chi connectivity index (χ4v) is 2.33. The predicted octanol–water partition coefficient (Wildman–Crippen LogP) is 2.79. The fourth-order valence-electron chi connectivity index (χ4n) is 2.17. The summed E-state index contributed by atoms with van der Waals surface area (Å²) in [7, 11) is 0. The number of halogens is 2. The molecule has 2 saturated carbocycles. The molecule has 2 aliphatic rings. The van der Waals surface area contributed by atoms with Gasteiger partial charge in [0.25, 0.3) is 0 Å². The van der Waals surface area contributed by atoms with Gasteiger partial charge in [0.05, 0.1) is 5.41 Å². The van der Waals surface area contributed by atoms with E-state index in [0.717, 1.165) is 25.7 Å². The van der Waals surface area contributed by atoms with Crippen molar-refractivity contribution in [2.75, 3.05) is 0 Å². The molecule has 0 atom stereocenters. The van der Waals surface area contributed by atoms with Crippen LogP contribution in [0.4, 0.5) is 4.39 Å². The van der Waals surface area contributed by atoms with Gasteiger partial charge in [-0.25, -0.2) is 4.39 Å². The molecule has 0 radical (unpaired) electrons. The summed E-state index contributed by atoms with van der Waals surface area (Å²) in [4.78, 5) is 12.1. The Kier molecular flexibility index (Phi) is 2.40. The van der Waals surface area contributed by atoms with E-state index in [2.05, 4.69) is 5.32 Å². The van der Waals surface area contributed by atoms with E-state index in [1.807, 2.05) is 0 Å². The van der Waals surface area contributed by atoms with Crippen molar-refractivity contribution in [2.45, 2.75) is 37.1 Å². The molecule has 1 amide bonds. The largest absolute Gasteiger partial charge is 0.353 e. The van der Waals surface area contributed by atoms with Gasteiger partial charge in [0.2, 0.25) is 5.91 Å². The molecule has 1 aromatic rings. The zero-order valence-electron chi connectivity index (χ0n) is 9.30. The Morgan fingerprint density at radius 3 is 2.65 bits per heavy atom. The van der Waals surface area contributed by atoms with Crippen LogP contribution in [0.15, 0.2) is 18.2 Å². The van der Waals surface area contributed by atoms with Gasteiger partial charge >= 0.3 is 0 Å². The van der Waals surface area contributed by atoms with Crippen molar-refractivity contribution in [1.29, 1.82) is 0 Å². The minimum atomic E-state index is -0.628. The second-order valence-corrected chi connectivity index (χ2v) is 5.39. The van der Waals surface area contributed by atoms with Crippen LogP contribution in [0.5, 0.6) is 0 Å². The molecule has 0 unspecified atom stereocenters. The van der Waals surface area contributed by atoms with Crippen LogP contribution in [-0.4, -0.2) is 11.9 Å². The third-order valence-electron chi connectivity index (χ3n) is 3.54. The molecule has 2 aliphatic carbocycles. The first-order chi connectivity index (χ1) is 8.12. The molecule has 2 nitrogen and oxygen atoms in total. The lowest BCUT2D eigenvalue weighted by molar-refractivity contribution is -0.123. The van der Waals surface area contributed by atoms with E-state index in [1.54, 1.807) is 12.1 Å². The number of amides is 1. The highest BCUT2D eigenvalue weighted by molar-refractivity contribution is 6.30. The van der Waals surface area contributed by atoms with Gasteiger partial charge in [-0.2, -0.15) is 0 Å². The SMILES string of the molecule is O=C(NC1CC1)C1(c2ccc(Cl)cc2F)CC1. The molecule has 4 heteroatoms. The lowest BCUT2D eigenvalue weighted by Gasteiger charge is -2.16. The number of rotatable bonds is 3. The lowest BCUT2D eigenvalue weighted by Crippen LogP contribution is -2.36. The molecule has 0 saturated heterocycles. The van der Waals surface area contributed by atoms with Gasteiger partial charge in [0, 0.05) is 16.6 Å². The van der Waals surface area contributed by atoms with Crippen molar-refractivity contribution < 1.29 is 9.18 Å². The first kappa shape index (κ1) is 11.0. The molecule has 90 valence electrons. The van der Waals surface area contributed by atoms with E-state index in [1.165, 1.54) is 6.07 Å². The molecular weight excluding hydrogens is 241 g/mol. The quantitative estimate of drug-likeness (QED) is 0.882. The maximum atomic E-state index is 13.8. The van der Waals surface area contributed by atoms with Crippen LogP contribution in [0.25, 0.3) is 0 Å². The van der Waals surface area contributed by atoms with Crippen LogP contribution in [0.1, 0.15) is 31.2 Å². The molecular formula is C13H13ClFNO. The third kappa shape index (κ3) is 1.93. The van der Waals surface area contributed by atoms with Crippen LogP contribution < -0.4 is 5.32 Å². The van der Waals surface area contributed by atoms with Gasteiger partial charge in [0.1, 0.15) is 5.82 Å². The normalized spacial score (nSPS) is 21.1. The molecule has 2 fully saturated rings. The summed E-state index contributed by atoms with van der Waals surface area (Å²) < 4.78 is 13.8. The number of carbonyl (C=O) groups excluding carboxylic acids is 1. The highest BCUT2D eigenvalue weighted by atomic mass is 35.5. The zero-order chi connectivity index (χ0) is 12.0. The first-order valence-corrected chi connectivity index (χ1v) is 6.26. The summed E-state index contributed by atoms with van der Waals surface area (Å²) >= 11 is 5.72. The number of hydrogen-bond acceptors (Lipinski definition) is 1. The maximum absolute atomic E-state index is 13.8. The summed E-state index contributed by atoms with van der Waals surface area (Å²) in [5.41, 5.74) is -0.142. The van der Waals surface area contributed by atoms with E-state index in [4.69, 9.17) is 11.6 Å². The van der Waals surface area contributed by atoms with Gasteiger partial charge in [-0.1, -0.05) is 17.7 Å². The zero-order valence-corrected chi connectivity index (χ0v) is 10.1. The smallest absolute Gasteiger partial charge is 0.230 e. The Balaban J connectivity index is 1.88. The molecule has 0 bridgehead atoms. The van der Waals surface area contributed by atoms with Crippen LogP contribution >= 0.6 is 11.6 Å². The second kappa shape index (κ2) is 3.70. The van der Waals surface area contributed by atoms with Crippen molar-refractivity contribution >= 4 is 17.5 Å². The Morgan fingerprint density at radius 2 is 2.12 bits per heavy atom. The van der Waals surface area contributed by atoms with Crippen molar-refractivity contribution in [3.05, 3.63) is 34.6 Å². The topological polar surface area (TPSA) is 29.1 Å². The number of carbonyl (C=O) groups is 1. The fraction of sp³-hybridized carbons (Fsp3) is 0.462. The molecule has 0 aliphatic heterocycles. The Labute approximate surface area is 104 Å². The third-order valence-corrected chi connectivity index (χ3v) is 3.78. The summed E-state index contributed by atoms with van der Waals surface area (Å²) in [6.45, 7) is 0. The maximum Gasteiger partial charge on any atom is 0.230 e. The van der Waals surface area contributed by atoms with Gasteiger partial charge in [-0.05, 0) is 37.8 Å². The number of benzene rings is 1. The van der Waals surface area contributed by atoms with Crippen LogP contribution in [-0.2, 0) is 10.2 Å². The summed E-state index contributed by atoms with van der Waals surface area (Å²) in [5, 5.41) is 3.32. The highest BCUT2D eigenvalue weighted by Gasteiger charge is 2.53. The van der Waals surface area contributed by atoms with Crippen molar-refractivity contribution in [3.8, 4) is 0 Å².